The van der Waals surface area contributed by atoms with Gasteiger partial charge in [-0.2, -0.15) is 0 Å². The standard InChI is InChI=1S/C16H14ClN3O/c17-13-6-7-15-19-14(11-20(15)10-13)8-9-18-16(21)12-4-2-1-3-5-12/h1-7,10-11H,8-9H2,(H,18,21). The summed E-state index contributed by atoms with van der Waals surface area (Å²) < 4.78 is 1.89. The van der Waals surface area contributed by atoms with Crippen LogP contribution in [0.25, 0.3) is 5.65 Å². The second kappa shape index (κ2) is 5.97. The number of halogens is 1. The van der Waals surface area contributed by atoms with E-state index in [1.165, 1.54) is 0 Å². The van der Waals surface area contributed by atoms with E-state index < -0.39 is 0 Å². The van der Waals surface area contributed by atoms with Gasteiger partial charge in [0, 0.05) is 30.9 Å². The summed E-state index contributed by atoms with van der Waals surface area (Å²) in [7, 11) is 0. The fourth-order valence-electron chi connectivity index (χ4n) is 2.13. The minimum atomic E-state index is -0.0672. The molecule has 1 N–H and O–H groups in total. The Morgan fingerprint density at radius 3 is 2.76 bits per heavy atom. The number of nitrogens with zero attached hydrogens (tertiary/aromatic N) is 2. The van der Waals surface area contributed by atoms with Gasteiger partial charge < -0.3 is 9.72 Å². The van der Waals surface area contributed by atoms with Crippen molar-refractivity contribution in [1.82, 2.24) is 14.7 Å². The molecule has 1 aromatic carbocycles. The fourth-order valence-corrected chi connectivity index (χ4v) is 2.30. The fraction of sp³-hybridized carbons (Fsp3) is 0.125. The van der Waals surface area contributed by atoms with Gasteiger partial charge in [0.05, 0.1) is 10.7 Å². The zero-order valence-electron chi connectivity index (χ0n) is 11.3. The smallest absolute Gasteiger partial charge is 0.251 e. The highest BCUT2D eigenvalue weighted by molar-refractivity contribution is 6.30. The zero-order valence-corrected chi connectivity index (χ0v) is 12.0. The van der Waals surface area contributed by atoms with Crippen molar-refractivity contribution in [2.45, 2.75) is 6.42 Å². The highest BCUT2D eigenvalue weighted by Crippen LogP contribution is 2.11. The number of benzene rings is 1. The maximum absolute atomic E-state index is 11.9. The first kappa shape index (κ1) is 13.6. The van der Waals surface area contributed by atoms with Gasteiger partial charge in [-0.3, -0.25) is 4.79 Å². The minimum Gasteiger partial charge on any atom is -0.352 e. The second-order valence-corrected chi connectivity index (χ2v) is 5.15. The van der Waals surface area contributed by atoms with Crippen molar-refractivity contribution >= 4 is 23.2 Å². The number of aromatic nitrogens is 2. The summed E-state index contributed by atoms with van der Waals surface area (Å²) in [5.74, 6) is -0.0672. The predicted octanol–water partition coefficient (Wildman–Crippen LogP) is 2.96. The van der Waals surface area contributed by atoms with Crippen molar-refractivity contribution in [3.63, 3.8) is 0 Å². The molecule has 21 heavy (non-hydrogen) atoms. The van der Waals surface area contributed by atoms with E-state index in [0.29, 0.717) is 23.6 Å². The lowest BCUT2D eigenvalue weighted by atomic mass is 10.2. The van der Waals surface area contributed by atoms with Crippen molar-refractivity contribution in [3.8, 4) is 0 Å². The topological polar surface area (TPSA) is 46.4 Å². The average Bonchev–Trinajstić information content (AvgIpc) is 2.89. The molecule has 0 unspecified atom stereocenters. The number of nitrogens with one attached hydrogen (secondary N) is 1. The van der Waals surface area contributed by atoms with E-state index in [4.69, 9.17) is 11.6 Å². The Labute approximate surface area is 127 Å². The van der Waals surface area contributed by atoms with E-state index >= 15 is 0 Å². The third-order valence-electron chi connectivity index (χ3n) is 3.17. The summed E-state index contributed by atoms with van der Waals surface area (Å²) in [6.07, 6.45) is 4.42. The number of carbonyl (C=O) groups is 1. The number of rotatable bonds is 4. The molecule has 0 saturated carbocycles. The number of fused-ring (bicyclic) bond motifs is 1. The summed E-state index contributed by atoms with van der Waals surface area (Å²) in [5, 5.41) is 3.56. The van der Waals surface area contributed by atoms with Gasteiger partial charge in [0.2, 0.25) is 0 Å². The van der Waals surface area contributed by atoms with Crippen LogP contribution in [0.2, 0.25) is 5.02 Å². The van der Waals surface area contributed by atoms with E-state index in [1.807, 2.05) is 47.1 Å². The van der Waals surface area contributed by atoms with E-state index in [2.05, 4.69) is 10.3 Å². The molecule has 4 nitrogen and oxygen atoms in total. The number of pyridine rings is 1. The number of imidazole rings is 1. The monoisotopic (exact) mass is 299 g/mol. The molecule has 1 amide bonds. The van der Waals surface area contributed by atoms with Crippen LogP contribution in [0, 0.1) is 0 Å². The van der Waals surface area contributed by atoms with Gasteiger partial charge in [-0.05, 0) is 24.3 Å². The van der Waals surface area contributed by atoms with Crippen LogP contribution in [0.3, 0.4) is 0 Å². The maximum atomic E-state index is 11.9. The van der Waals surface area contributed by atoms with E-state index in [9.17, 15) is 4.79 Å². The van der Waals surface area contributed by atoms with E-state index in [1.54, 1.807) is 12.1 Å². The maximum Gasteiger partial charge on any atom is 0.251 e. The molecule has 0 radical (unpaired) electrons. The van der Waals surface area contributed by atoms with E-state index in [-0.39, 0.29) is 5.91 Å². The Kier molecular flexibility index (Phi) is 3.88. The summed E-state index contributed by atoms with van der Waals surface area (Å²) in [6, 6.07) is 12.9. The van der Waals surface area contributed by atoms with Crippen molar-refractivity contribution in [2.24, 2.45) is 0 Å². The summed E-state index contributed by atoms with van der Waals surface area (Å²) in [6.45, 7) is 0.547. The van der Waals surface area contributed by atoms with Gasteiger partial charge in [-0.1, -0.05) is 29.8 Å². The van der Waals surface area contributed by atoms with Crippen molar-refractivity contribution in [2.75, 3.05) is 6.54 Å². The Bertz CT molecular complexity index is 768. The molecule has 2 aromatic heterocycles. The number of hydrogen-bond donors (Lipinski definition) is 1. The Balaban J connectivity index is 1.60. The van der Waals surface area contributed by atoms with Crippen LogP contribution in [0.15, 0.2) is 54.9 Å². The van der Waals surface area contributed by atoms with Crippen molar-refractivity contribution in [3.05, 3.63) is 71.1 Å². The summed E-state index contributed by atoms with van der Waals surface area (Å²) in [4.78, 5) is 16.4. The average molecular weight is 300 g/mol. The molecule has 0 aliphatic carbocycles. The van der Waals surface area contributed by atoms with Crippen LogP contribution in [-0.2, 0) is 6.42 Å². The molecule has 0 spiro atoms. The molecule has 5 heteroatoms. The van der Waals surface area contributed by atoms with E-state index in [0.717, 1.165) is 11.3 Å². The molecular formula is C16H14ClN3O. The Hall–Kier alpha value is -2.33. The summed E-state index contributed by atoms with van der Waals surface area (Å²) in [5.41, 5.74) is 2.44. The SMILES string of the molecule is O=C(NCCc1cn2cc(Cl)ccc2n1)c1ccccc1. The van der Waals surface area contributed by atoms with Crippen molar-refractivity contribution < 1.29 is 4.79 Å². The minimum absolute atomic E-state index is 0.0672. The van der Waals surface area contributed by atoms with Crippen LogP contribution in [-0.4, -0.2) is 21.8 Å². The van der Waals surface area contributed by atoms with Gasteiger partial charge in [-0.15, -0.1) is 0 Å². The molecule has 0 bridgehead atoms. The van der Waals surface area contributed by atoms with Crippen LogP contribution in [0.4, 0.5) is 0 Å². The molecule has 2 heterocycles. The Morgan fingerprint density at radius 1 is 1.14 bits per heavy atom. The lowest BCUT2D eigenvalue weighted by Gasteiger charge is -2.03. The molecule has 3 aromatic rings. The largest absolute Gasteiger partial charge is 0.352 e. The number of hydrogen-bond acceptors (Lipinski definition) is 2. The van der Waals surface area contributed by atoms with Crippen LogP contribution < -0.4 is 5.32 Å². The van der Waals surface area contributed by atoms with Gasteiger partial charge >= 0.3 is 0 Å². The molecule has 3 rings (SSSR count). The van der Waals surface area contributed by atoms with Gasteiger partial charge in [0.15, 0.2) is 0 Å². The lowest BCUT2D eigenvalue weighted by Crippen LogP contribution is -2.25. The quantitative estimate of drug-likeness (QED) is 0.805. The molecular weight excluding hydrogens is 286 g/mol. The highest BCUT2D eigenvalue weighted by Gasteiger charge is 2.05. The molecule has 0 aliphatic heterocycles. The lowest BCUT2D eigenvalue weighted by molar-refractivity contribution is 0.0954. The molecule has 0 atom stereocenters. The second-order valence-electron chi connectivity index (χ2n) is 4.72. The summed E-state index contributed by atoms with van der Waals surface area (Å²) >= 11 is 5.94. The first-order chi connectivity index (χ1) is 10.2. The first-order valence-corrected chi connectivity index (χ1v) is 7.06. The number of carbonyl (C=O) groups excluding carboxylic acids is 1. The van der Waals surface area contributed by atoms with Crippen molar-refractivity contribution in [1.29, 1.82) is 0 Å². The highest BCUT2D eigenvalue weighted by atomic mass is 35.5. The van der Waals surface area contributed by atoms with Gasteiger partial charge in [0.25, 0.3) is 5.91 Å². The van der Waals surface area contributed by atoms with Gasteiger partial charge in [-0.25, -0.2) is 4.98 Å². The first-order valence-electron chi connectivity index (χ1n) is 6.69. The van der Waals surface area contributed by atoms with Gasteiger partial charge in [0.1, 0.15) is 5.65 Å². The number of amides is 1. The normalized spacial score (nSPS) is 10.7. The van der Waals surface area contributed by atoms with Crippen LogP contribution in [0.1, 0.15) is 16.1 Å². The molecule has 0 fully saturated rings. The molecule has 0 aliphatic rings. The predicted molar refractivity (Wildman–Crippen MR) is 82.7 cm³/mol. The third-order valence-corrected chi connectivity index (χ3v) is 3.39. The van der Waals surface area contributed by atoms with Crippen LogP contribution in [0.5, 0.6) is 0 Å². The molecule has 0 saturated heterocycles. The third kappa shape index (κ3) is 3.23. The zero-order chi connectivity index (χ0) is 14.7. The molecule has 106 valence electrons. The van der Waals surface area contributed by atoms with Crippen LogP contribution >= 0.6 is 11.6 Å². The Morgan fingerprint density at radius 2 is 1.95 bits per heavy atom.